The third-order valence-corrected chi connectivity index (χ3v) is 6.55. The van der Waals surface area contributed by atoms with Crippen LogP contribution < -0.4 is 4.74 Å². The minimum absolute atomic E-state index is 0.161. The van der Waals surface area contributed by atoms with Crippen molar-refractivity contribution in [3.05, 3.63) is 101 Å². The van der Waals surface area contributed by atoms with E-state index in [2.05, 4.69) is 17.0 Å². The molecule has 0 aromatic heterocycles. The molecule has 2 unspecified atom stereocenters. The second-order valence-electron chi connectivity index (χ2n) is 8.33. The van der Waals surface area contributed by atoms with E-state index >= 15 is 0 Å². The molecule has 1 heterocycles. The average molecular weight is 452 g/mol. The molecule has 4 rings (SSSR count). The summed E-state index contributed by atoms with van der Waals surface area (Å²) in [5.41, 5.74) is 1.90. The molecule has 0 aliphatic carbocycles. The Kier molecular flexibility index (Phi) is 7.48. The van der Waals surface area contributed by atoms with Crippen LogP contribution in [0.2, 0.25) is 5.02 Å². The van der Waals surface area contributed by atoms with E-state index in [1.807, 2.05) is 66.7 Å². The van der Waals surface area contributed by atoms with E-state index in [0.29, 0.717) is 24.7 Å². The van der Waals surface area contributed by atoms with Crippen molar-refractivity contribution in [1.29, 1.82) is 0 Å². The van der Waals surface area contributed by atoms with Crippen LogP contribution in [-0.4, -0.2) is 50.0 Å². The fraction of sp³-hybridized carbons (Fsp3) is 0.333. The number of aliphatic hydroxyl groups is 1. The molecule has 4 nitrogen and oxygen atoms in total. The Bertz CT molecular complexity index is 972. The van der Waals surface area contributed by atoms with E-state index in [9.17, 15) is 5.11 Å². The smallest absolute Gasteiger partial charge is 0.118 e. The first kappa shape index (κ1) is 22.8. The van der Waals surface area contributed by atoms with Crippen LogP contribution in [0.15, 0.2) is 78.9 Å². The zero-order chi connectivity index (χ0) is 22.4. The quantitative estimate of drug-likeness (QED) is 0.529. The summed E-state index contributed by atoms with van der Waals surface area (Å²) in [6.07, 6.45) is 0.498. The van der Waals surface area contributed by atoms with Crippen molar-refractivity contribution < 1.29 is 14.6 Å². The van der Waals surface area contributed by atoms with Crippen LogP contribution in [0.25, 0.3) is 0 Å². The zero-order valence-corrected chi connectivity index (χ0v) is 19.2. The van der Waals surface area contributed by atoms with Gasteiger partial charge in [0.1, 0.15) is 11.4 Å². The first-order chi connectivity index (χ1) is 15.6. The Morgan fingerprint density at radius 2 is 1.62 bits per heavy atom. The van der Waals surface area contributed by atoms with Gasteiger partial charge in [-0.25, -0.2) is 0 Å². The van der Waals surface area contributed by atoms with Crippen molar-refractivity contribution in [3.8, 4) is 5.75 Å². The van der Waals surface area contributed by atoms with Crippen molar-refractivity contribution >= 4 is 11.6 Å². The van der Waals surface area contributed by atoms with Crippen LogP contribution in [-0.2, 0) is 16.8 Å². The maximum atomic E-state index is 12.5. The predicted molar refractivity (Wildman–Crippen MR) is 128 cm³/mol. The Morgan fingerprint density at radius 1 is 0.969 bits per heavy atom. The second-order valence-corrected chi connectivity index (χ2v) is 8.77. The highest BCUT2D eigenvalue weighted by atomic mass is 35.5. The zero-order valence-electron chi connectivity index (χ0n) is 18.4. The van der Waals surface area contributed by atoms with Crippen LogP contribution in [0.3, 0.4) is 0 Å². The number of morpholine rings is 1. The van der Waals surface area contributed by atoms with Gasteiger partial charge < -0.3 is 14.6 Å². The Hall–Kier alpha value is -2.37. The highest BCUT2D eigenvalue weighted by molar-refractivity contribution is 6.30. The fourth-order valence-corrected chi connectivity index (χ4v) is 4.61. The standard InChI is InChI=1S/C27H30ClNO3/c1-31-25-13-9-23(10-14-25)27(30,19-21-5-3-2-4-6-21)26(20-29-15-17-32-18-16-29)22-7-11-24(28)12-8-22/h2-14,26,30H,15-20H2,1H3. The van der Waals surface area contributed by atoms with Gasteiger partial charge in [0.15, 0.2) is 0 Å². The Labute approximate surface area is 195 Å². The molecule has 5 heteroatoms. The Balaban J connectivity index is 1.79. The summed E-state index contributed by atoms with van der Waals surface area (Å²) in [4.78, 5) is 2.38. The molecule has 3 aromatic rings. The molecule has 2 atom stereocenters. The number of ether oxygens (including phenoxy) is 2. The molecule has 0 spiro atoms. The lowest BCUT2D eigenvalue weighted by Gasteiger charge is -2.41. The molecule has 1 fully saturated rings. The summed E-state index contributed by atoms with van der Waals surface area (Å²) >= 11 is 6.20. The molecule has 0 amide bonds. The molecular formula is C27H30ClNO3. The summed E-state index contributed by atoms with van der Waals surface area (Å²) in [5, 5.41) is 13.2. The molecule has 32 heavy (non-hydrogen) atoms. The van der Waals surface area contributed by atoms with E-state index in [-0.39, 0.29) is 5.92 Å². The second kappa shape index (κ2) is 10.5. The number of methoxy groups -OCH3 is 1. The lowest BCUT2D eigenvalue weighted by molar-refractivity contribution is -0.0223. The van der Waals surface area contributed by atoms with Crippen molar-refractivity contribution in [1.82, 2.24) is 4.90 Å². The van der Waals surface area contributed by atoms with Crippen LogP contribution >= 0.6 is 11.6 Å². The van der Waals surface area contributed by atoms with Crippen molar-refractivity contribution in [3.63, 3.8) is 0 Å². The van der Waals surface area contributed by atoms with E-state index in [1.54, 1.807) is 7.11 Å². The third kappa shape index (κ3) is 5.33. The van der Waals surface area contributed by atoms with Gasteiger partial charge in [0.2, 0.25) is 0 Å². The molecule has 1 aliphatic rings. The summed E-state index contributed by atoms with van der Waals surface area (Å²) in [6, 6.07) is 25.8. The molecule has 1 N–H and O–H groups in total. The lowest BCUT2D eigenvalue weighted by Crippen LogP contribution is -2.45. The topological polar surface area (TPSA) is 41.9 Å². The normalized spacial score (nSPS) is 17.5. The minimum atomic E-state index is -1.13. The highest BCUT2D eigenvalue weighted by Gasteiger charge is 2.40. The van der Waals surface area contributed by atoms with Crippen LogP contribution in [0.4, 0.5) is 0 Å². The summed E-state index contributed by atoms with van der Waals surface area (Å²) in [7, 11) is 1.65. The van der Waals surface area contributed by atoms with Gasteiger partial charge in [-0.3, -0.25) is 4.90 Å². The molecular weight excluding hydrogens is 422 g/mol. The van der Waals surface area contributed by atoms with Crippen LogP contribution in [0, 0.1) is 0 Å². The van der Waals surface area contributed by atoms with Crippen LogP contribution in [0.5, 0.6) is 5.75 Å². The largest absolute Gasteiger partial charge is 0.497 e. The van der Waals surface area contributed by atoms with Gasteiger partial charge in [-0.05, 0) is 41.0 Å². The van der Waals surface area contributed by atoms with Gasteiger partial charge in [-0.2, -0.15) is 0 Å². The minimum Gasteiger partial charge on any atom is -0.497 e. The number of nitrogens with zero attached hydrogens (tertiary/aromatic N) is 1. The van der Waals surface area contributed by atoms with Crippen molar-refractivity contribution in [2.24, 2.45) is 0 Å². The van der Waals surface area contributed by atoms with Gasteiger partial charge in [0.05, 0.1) is 20.3 Å². The SMILES string of the molecule is COc1ccc(C(O)(Cc2ccccc2)C(CN2CCOCC2)c2ccc(Cl)cc2)cc1. The maximum Gasteiger partial charge on any atom is 0.118 e. The van der Waals surface area contributed by atoms with Gasteiger partial charge in [-0.15, -0.1) is 0 Å². The van der Waals surface area contributed by atoms with Crippen molar-refractivity contribution in [2.45, 2.75) is 17.9 Å². The number of rotatable bonds is 8. The number of hydrogen-bond donors (Lipinski definition) is 1. The monoisotopic (exact) mass is 451 g/mol. The van der Waals surface area contributed by atoms with Gasteiger partial charge in [0.25, 0.3) is 0 Å². The molecule has 0 saturated carbocycles. The first-order valence-electron chi connectivity index (χ1n) is 11.0. The van der Waals surface area contributed by atoms with Crippen molar-refractivity contribution in [2.75, 3.05) is 40.0 Å². The lowest BCUT2D eigenvalue weighted by atomic mass is 9.73. The molecule has 1 aliphatic heterocycles. The van der Waals surface area contributed by atoms with Gasteiger partial charge in [-0.1, -0.05) is 66.2 Å². The number of benzene rings is 3. The van der Waals surface area contributed by atoms with E-state index in [1.165, 1.54) is 0 Å². The molecule has 0 bridgehead atoms. The van der Waals surface area contributed by atoms with Crippen LogP contribution in [0.1, 0.15) is 22.6 Å². The van der Waals surface area contributed by atoms with E-state index < -0.39 is 5.60 Å². The third-order valence-electron chi connectivity index (χ3n) is 6.30. The maximum absolute atomic E-state index is 12.5. The van der Waals surface area contributed by atoms with E-state index in [4.69, 9.17) is 21.1 Å². The summed E-state index contributed by atoms with van der Waals surface area (Å²) in [6.45, 7) is 3.86. The molecule has 0 radical (unpaired) electrons. The average Bonchev–Trinajstić information content (AvgIpc) is 2.84. The summed E-state index contributed by atoms with van der Waals surface area (Å²) < 4.78 is 10.9. The molecule has 3 aromatic carbocycles. The highest BCUT2D eigenvalue weighted by Crippen LogP contribution is 2.41. The summed E-state index contributed by atoms with van der Waals surface area (Å²) in [5.74, 6) is 0.610. The number of halogens is 1. The first-order valence-corrected chi connectivity index (χ1v) is 11.4. The molecule has 168 valence electrons. The number of hydrogen-bond acceptors (Lipinski definition) is 4. The van der Waals surface area contributed by atoms with E-state index in [0.717, 1.165) is 42.1 Å². The van der Waals surface area contributed by atoms with Gasteiger partial charge in [0, 0.05) is 37.0 Å². The fourth-order valence-electron chi connectivity index (χ4n) is 4.48. The Morgan fingerprint density at radius 3 is 2.25 bits per heavy atom. The molecule has 1 saturated heterocycles. The van der Waals surface area contributed by atoms with Gasteiger partial charge >= 0.3 is 0 Å². The predicted octanol–water partition coefficient (Wildman–Crippen LogP) is 4.89.